The molecule has 1 heterocycles. The number of rotatable bonds is 6. The van der Waals surface area contributed by atoms with Crippen molar-refractivity contribution >= 4 is 15.9 Å². The van der Waals surface area contributed by atoms with Crippen LogP contribution in [-0.2, 0) is 23.1 Å². The predicted octanol–water partition coefficient (Wildman–Crippen LogP) is 4.46. The van der Waals surface area contributed by atoms with Crippen LogP contribution in [0.4, 0.5) is 4.39 Å². The molecule has 1 aliphatic rings. The predicted molar refractivity (Wildman–Crippen MR) is 128 cm³/mol. The molecule has 0 aliphatic carbocycles. The maximum absolute atomic E-state index is 13.8. The highest BCUT2D eigenvalue weighted by atomic mass is 32.2. The van der Waals surface area contributed by atoms with Crippen molar-refractivity contribution < 1.29 is 22.3 Å². The lowest BCUT2D eigenvalue weighted by Gasteiger charge is -2.20. The van der Waals surface area contributed by atoms with Crippen molar-refractivity contribution in [1.82, 2.24) is 9.62 Å². The first-order chi connectivity index (χ1) is 16.3. The first kappa shape index (κ1) is 23.9. The fourth-order valence-electron chi connectivity index (χ4n) is 3.81. The molecule has 0 atom stereocenters. The summed E-state index contributed by atoms with van der Waals surface area (Å²) >= 11 is 0. The number of nitrogens with zero attached hydrogens (tertiary/aromatic N) is 1. The zero-order valence-electron chi connectivity index (χ0n) is 19.1. The van der Waals surface area contributed by atoms with Gasteiger partial charge in [0.25, 0.3) is 5.91 Å². The summed E-state index contributed by atoms with van der Waals surface area (Å²) in [5.74, 6) is 0.0751. The van der Waals surface area contributed by atoms with Crippen molar-refractivity contribution in [3.63, 3.8) is 0 Å². The minimum Gasteiger partial charge on any atom is -0.492 e. The highest BCUT2D eigenvalue weighted by Crippen LogP contribution is 2.28. The number of hydrogen-bond donors (Lipinski definition) is 1. The van der Waals surface area contributed by atoms with Crippen molar-refractivity contribution in [1.29, 1.82) is 0 Å². The van der Waals surface area contributed by atoms with E-state index in [1.54, 1.807) is 48.5 Å². The molecule has 0 spiro atoms. The molecule has 3 aromatic carbocycles. The topological polar surface area (TPSA) is 75.7 Å². The van der Waals surface area contributed by atoms with Gasteiger partial charge in [0.2, 0.25) is 10.0 Å². The summed E-state index contributed by atoms with van der Waals surface area (Å²) in [6.07, 6.45) is 0. The normalized spacial score (nSPS) is 14.2. The molecule has 0 unspecified atom stereocenters. The molecule has 8 heteroatoms. The Morgan fingerprint density at radius 3 is 2.53 bits per heavy atom. The number of carbonyl (C=O) groups is 1. The standard InChI is InChI=1S/C26H27FN2O4S/c1-18(2)19-7-10-23(11-8-19)34(31,32)29-13-14-33-25-12-9-20(15-22(25)17-29)26(30)28-16-21-5-3-4-6-24(21)27/h3-12,15,18H,13-14,16-17H2,1-2H3,(H,28,30). The molecular formula is C26H27FN2O4S. The van der Waals surface area contributed by atoms with Crippen LogP contribution in [0.15, 0.2) is 71.6 Å². The second kappa shape index (κ2) is 9.95. The number of fused-ring (bicyclic) bond motifs is 1. The van der Waals surface area contributed by atoms with E-state index in [4.69, 9.17) is 4.74 Å². The van der Waals surface area contributed by atoms with E-state index in [0.29, 0.717) is 28.4 Å². The highest BCUT2D eigenvalue weighted by molar-refractivity contribution is 7.89. The Labute approximate surface area is 199 Å². The molecule has 0 saturated heterocycles. The summed E-state index contributed by atoms with van der Waals surface area (Å²) in [6, 6.07) is 18.1. The molecule has 0 aromatic heterocycles. The van der Waals surface area contributed by atoms with Crippen molar-refractivity contribution in [2.75, 3.05) is 13.2 Å². The Hall–Kier alpha value is -3.23. The van der Waals surface area contributed by atoms with E-state index in [-0.39, 0.29) is 42.9 Å². The second-order valence-electron chi connectivity index (χ2n) is 8.51. The van der Waals surface area contributed by atoms with Gasteiger partial charge in [0.05, 0.1) is 4.90 Å². The van der Waals surface area contributed by atoms with Crippen molar-refractivity contribution in [2.45, 2.75) is 37.8 Å². The number of hydrogen-bond acceptors (Lipinski definition) is 4. The van der Waals surface area contributed by atoms with Crippen molar-refractivity contribution in [3.05, 3.63) is 94.8 Å². The Morgan fingerprint density at radius 1 is 1.09 bits per heavy atom. The molecule has 1 aliphatic heterocycles. The third-order valence-electron chi connectivity index (χ3n) is 5.85. The Kier molecular flexibility index (Phi) is 7.00. The molecule has 34 heavy (non-hydrogen) atoms. The summed E-state index contributed by atoms with van der Waals surface area (Å²) in [5, 5.41) is 2.71. The number of carbonyl (C=O) groups excluding carboxylic acids is 1. The molecule has 1 N–H and O–H groups in total. The van der Waals surface area contributed by atoms with Crippen LogP contribution in [0.5, 0.6) is 5.75 Å². The molecule has 0 radical (unpaired) electrons. The van der Waals surface area contributed by atoms with E-state index in [0.717, 1.165) is 5.56 Å². The maximum atomic E-state index is 13.8. The molecule has 0 bridgehead atoms. The minimum atomic E-state index is -3.74. The van der Waals surface area contributed by atoms with E-state index >= 15 is 0 Å². The van der Waals surface area contributed by atoms with E-state index in [1.807, 2.05) is 12.1 Å². The molecule has 0 saturated carbocycles. The summed E-state index contributed by atoms with van der Waals surface area (Å²) in [5.41, 5.74) is 2.39. The monoisotopic (exact) mass is 482 g/mol. The quantitative estimate of drug-likeness (QED) is 0.563. The van der Waals surface area contributed by atoms with Crippen LogP contribution in [-0.4, -0.2) is 31.8 Å². The van der Waals surface area contributed by atoms with Gasteiger partial charge in [-0.2, -0.15) is 4.31 Å². The van der Waals surface area contributed by atoms with E-state index in [2.05, 4.69) is 19.2 Å². The van der Waals surface area contributed by atoms with Gasteiger partial charge >= 0.3 is 0 Å². The first-order valence-corrected chi connectivity index (χ1v) is 12.6. The molecule has 3 aromatic rings. The molecule has 178 valence electrons. The van der Waals surface area contributed by atoms with Gasteiger partial charge < -0.3 is 10.1 Å². The number of nitrogens with one attached hydrogen (secondary N) is 1. The Morgan fingerprint density at radius 2 is 1.82 bits per heavy atom. The van der Waals surface area contributed by atoms with Crippen LogP contribution in [0.25, 0.3) is 0 Å². The number of halogens is 1. The van der Waals surface area contributed by atoms with E-state index < -0.39 is 10.0 Å². The second-order valence-corrected chi connectivity index (χ2v) is 10.4. The average molecular weight is 483 g/mol. The lowest BCUT2D eigenvalue weighted by molar-refractivity contribution is 0.0950. The van der Waals surface area contributed by atoms with Gasteiger partial charge in [0.15, 0.2) is 0 Å². The fraction of sp³-hybridized carbons (Fsp3) is 0.269. The van der Waals surface area contributed by atoms with Crippen molar-refractivity contribution in [3.8, 4) is 5.75 Å². The van der Waals surface area contributed by atoms with Gasteiger partial charge in [-0.25, -0.2) is 12.8 Å². The summed E-state index contributed by atoms with van der Waals surface area (Å²) in [4.78, 5) is 12.9. The van der Waals surface area contributed by atoms with Crippen LogP contribution < -0.4 is 10.1 Å². The third-order valence-corrected chi connectivity index (χ3v) is 7.71. The smallest absolute Gasteiger partial charge is 0.251 e. The number of benzene rings is 3. The van der Waals surface area contributed by atoms with Gasteiger partial charge in [-0.05, 0) is 47.9 Å². The molecule has 4 rings (SSSR count). The van der Waals surface area contributed by atoms with E-state index in [9.17, 15) is 17.6 Å². The number of sulfonamides is 1. The SMILES string of the molecule is CC(C)c1ccc(S(=O)(=O)N2CCOc3ccc(C(=O)NCc4ccccc4F)cc3C2)cc1. The van der Waals surface area contributed by atoms with Gasteiger partial charge in [-0.3, -0.25) is 4.79 Å². The lowest BCUT2D eigenvalue weighted by atomic mass is 10.0. The van der Waals surface area contributed by atoms with Crippen LogP contribution in [0.1, 0.15) is 46.8 Å². The van der Waals surface area contributed by atoms with Crippen LogP contribution >= 0.6 is 0 Å². The van der Waals surface area contributed by atoms with Crippen molar-refractivity contribution in [2.24, 2.45) is 0 Å². The molecule has 0 fully saturated rings. The molecule has 6 nitrogen and oxygen atoms in total. The molecule has 1 amide bonds. The lowest BCUT2D eigenvalue weighted by Crippen LogP contribution is -2.32. The summed E-state index contributed by atoms with van der Waals surface area (Å²) in [6.45, 7) is 4.63. The highest BCUT2D eigenvalue weighted by Gasteiger charge is 2.28. The zero-order valence-corrected chi connectivity index (χ0v) is 19.9. The van der Waals surface area contributed by atoms with Gasteiger partial charge in [0, 0.05) is 36.3 Å². The summed E-state index contributed by atoms with van der Waals surface area (Å²) < 4.78 is 47.5. The zero-order chi connectivity index (χ0) is 24.3. The van der Waals surface area contributed by atoms with Gasteiger partial charge in [-0.15, -0.1) is 0 Å². The number of ether oxygens (including phenoxy) is 1. The Bertz CT molecular complexity index is 1290. The van der Waals surface area contributed by atoms with E-state index in [1.165, 1.54) is 10.4 Å². The number of amides is 1. The third kappa shape index (κ3) is 5.13. The minimum absolute atomic E-state index is 0.0476. The van der Waals surface area contributed by atoms with Gasteiger partial charge in [0.1, 0.15) is 18.2 Å². The van der Waals surface area contributed by atoms with Crippen LogP contribution in [0.2, 0.25) is 0 Å². The average Bonchev–Trinajstić information content (AvgIpc) is 3.06. The summed E-state index contributed by atoms with van der Waals surface area (Å²) in [7, 11) is -3.74. The Balaban J connectivity index is 1.53. The fourth-order valence-corrected chi connectivity index (χ4v) is 5.21. The first-order valence-electron chi connectivity index (χ1n) is 11.1. The van der Waals surface area contributed by atoms with Crippen LogP contribution in [0, 0.1) is 5.82 Å². The van der Waals surface area contributed by atoms with Crippen LogP contribution in [0.3, 0.4) is 0 Å². The van der Waals surface area contributed by atoms with Gasteiger partial charge in [-0.1, -0.05) is 44.2 Å². The largest absolute Gasteiger partial charge is 0.492 e. The molecular weight excluding hydrogens is 455 g/mol. The maximum Gasteiger partial charge on any atom is 0.251 e.